The molecule has 0 radical (unpaired) electrons. The largest absolute Gasteiger partial charge is 0.501 e. The third kappa shape index (κ3) is 3.82. The number of benzene rings is 3. The number of aromatic hydroxyl groups is 1. The minimum atomic E-state index is -0.567. The fourth-order valence-corrected chi connectivity index (χ4v) is 4.81. The lowest BCUT2D eigenvalue weighted by Crippen LogP contribution is -2.32. The molecule has 0 bridgehead atoms. The Balaban J connectivity index is 1.50. The van der Waals surface area contributed by atoms with Crippen LogP contribution in [0.4, 0.5) is 5.95 Å². The zero-order valence-electron chi connectivity index (χ0n) is 20.1. The van der Waals surface area contributed by atoms with Gasteiger partial charge in [-0.15, -0.1) is 0 Å². The zero-order chi connectivity index (χ0) is 24.8. The summed E-state index contributed by atoms with van der Waals surface area (Å²) in [6.45, 7) is 0. The Labute approximate surface area is 208 Å². The molecule has 180 valence electrons. The summed E-state index contributed by atoms with van der Waals surface area (Å²) in [6.07, 6.45) is 2.44. The van der Waals surface area contributed by atoms with E-state index in [-0.39, 0.29) is 17.6 Å². The first-order chi connectivity index (χ1) is 17.5. The van der Waals surface area contributed by atoms with Gasteiger partial charge in [-0.1, -0.05) is 66.7 Å². The minimum Gasteiger partial charge on any atom is -0.501 e. The van der Waals surface area contributed by atoms with Crippen molar-refractivity contribution in [1.82, 2.24) is 14.5 Å². The summed E-state index contributed by atoms with van der Waals surface area (Å²) in [5.41, 5.74) is 4.16. The van der Waals surface area contributed by atoms with Crippen molar-refractivity contribution in [2.24, 2.45) is 7.05 Å². The molecule has 6 rings (SSSR count). The molecule has 2 aromatic heterocycles. The standard InChI is InChI=1S/C29H26N4O3/c1-32(25(19-9-4-3-5-10-19)21-12-8-11-20(17-21)18-15-16-18)29-31-24(26(34)28(35)33(29)2)27-30-22-13-6-7-14-23(22)36-27/h3-14,17-18,25,34H,15-16H2,1-2H3. The van der Waals surface area contributed by atoms with Crippen molar-refractivity contribution in [3.63, 3.8) is 0 Å². The lowest BCUT2D eigenvalue weighted by molar-refractivity contribution is 0.455. The Morgan fingerprint density at radius 3 is 2.44 bits per heavy atom. The van der Waals surface area contributed by atoms with E-state index in [1.807, 2.05) is 48.3 Å². The van der Waals surface area contributed by atoms with Crippen LogP contribution in [0.3, 0.4) is 0 Å². The number of nitrogens with zero attached hydrogens (tertiary/aromatic N) is 4. The van der Waals surface area contributed by atoms with E-state index in [0.717, 1.165) is 11.1 Å². The fraction of sp³-hybridized carbons (Fsp3) is 0.207. The van der Waals surface area contributed by atoms with E-state index in [4.69, 9.17) is 9.40 Å². The summed E-state index contributed by atoms with van der Waals surface area (Å²) in [5.74, 6) is 0.621. The van der Waals surface area contributed by atoms with Crippen molar-refractivity contribution in [3.05, 3.63) is 106 Å². The number of aromatic nitrogens is 3. The first-order valence-corrected chi connectivity index (χ1v) is 12.0. The Kier molecular flexibility index (Phi) is 5.33. The van der Waals surface area contributed by atoms with E-state index in [2.05, 4.69) is 41.4 Å². The van der Waals surface area contributed by atoms with Crippen LogP contribution >= 0.6 is 0 Å². The maximum absolute atomic E-state index is 13.1. The van der Waals surface area contributed by atoms with Crippen LogP contribution in [0.2, 0.25) is 0 Å². The highest BCUT2D eigenvalue weighted by Gasteiger charge is 2.29. The molecular formula is C29H26N4O3. The van der Waals surface area contributed by atoms with Gasteiger partial charge in [0.05, 0.1) is 6.04 Å². The summed E-state index contributed by atoms with van der Waals surface area (Å²) in [5, 5.41) is 10.7. The highest BCUT2D eigenvalue weighted by atomic mass is 16.4. The molecule has 5 aromatic rings. The second kappa shape index (κ2) is 8.68. The molecule has 1 fully saturated rings. The predicted molar refractivity (Wildman–Crippen MR) is 139 cm³/mol. The van der Waals surface area contributed by atoms with Crippen LogP contribution in [0.25, 0.3) is 22.7 Å². The number of para-hydroxylation sites is 2. The Morgan fingerprint density at radius 2 is 1.69 bits per heavy atom. The summed E-state index contributed by atoms with van der Waals surface area (Å²) < 4.78 is 7.21. The molecule has 1 atom stereocenters. The van der Waals surface area contributed by atoms with Gasteiger partial charge in [-0.25, -0.2) is 9.97 Å². The topological polar surface area (TPSA) is 84.4 Å². The van der Waals surface area contributed by atoms with Crippen molar-refractivity contribution in [1.29, 1.82) is 0 Å². The average Bonchev–Trinajstić information content (AvgIpc) is 3.67. The van der Waals surface area contributed by atoms with Crippen molar-refractivity contribution < 1.29 is 9.52 Å². The number of hydrogen-bond acceptors (Lipinski definition) is 6. The first kappa shape index (κ1) is 22.1. The summed E-state index contributed by atoms with van der Waals surface area (Å²) in [4.78, 5) is 24.3. The van der Waals surface area contributed by atoms with Gasteiger partial charge in [0, 0.05) is 14.1 Å². The molecule has 1 unspecified atom stereocenters. The van der Waals surface area contributed by atoms with Crippen molar-refractivity contribution in [2.75, 3.05) is 11.9 Å². The van der Waals surface area contributed by atoms with Gasteiger partial charge < -0.3 is 14.4 Å². The van der Waals surface area contributed by atoms with Gasteiger partial charge in [0.25, 0.3) is 11.4 Å². The van der Waals surface area contributed by atoms with E-state index in [9.17, 15) is 9.90 Å². The second-order valence-corrected chi connectivity index (χ2v) is 9.33. The molecule has 3 aromatic carbocycles. The molecule has 0 spiro atoms. The monoisotopic (exact) mass is 478 g/mol. The van der Waals surface area contributed by atoms with Gasteiger partial charge >= 0.3 is 0 Å². The van der Waals surface area contributed by atoms with Gasteiger partial charge in [0.2, 0.25) is 11.7 Å². The SMILES string of the molecule is CN(c1nc(-c2nc3ccccc3o2)c(O)c(=O)n1C)C(c1ccccc1)c1cccc(C2CC2)c1. The third-order valence-electron chi connectivity index (χ3n) is 6.83. The number of rotatable bonds is 6. The molecule has 0 aliphatic heterocycles. The molecule has 1 saturated carbocycles. The van der Waals surface area contributed by atoms with Crippen molar-refractivity contribution >= 4 is 17.0 Å². The van der Waals surface area contributed by atoms with Gasteiger partial charge in [-0.05, 0) is 47.6 Å². The summed E-state index contributed by atoms with van der Waals surface area (Å²) in [6, 6.07) is 25.9. The van der Waals surface area contributed by atoms with Crippen LogP contribution in [0.1, 0.15) is 41.5 Å². The van der Waals surface area contributed by atoms with Gasteiger partial charge in [-0.3, -0.25) is 9.36 Å². The highest BCUT2D eigenvalue weighted by Crippen LogP contribution is 2.42. The van der Waals surface area contributed by atoms with Crippen LogP contribution in [0.5, 0.6) is 5.75 Å². The molecule has 2 heterocycles. The van der Waals surface area contributed by atoms with E-state index >= 15 is 0 Å². The van der Waals surface area contributed by atoms with Gasteiger partial charge in [0.1, 0.15) is 5.52 Å². The van der Waals surface area contributed by atoms with Crippen molar-refractivity contribution in [3.8, 4) is 17.3 Å². The maximum atomic E-state index is 13.1. The lowest BCUT2D eigenvalue weighted by Gasteiger charge is -2.31. The molecule has 1 aliphatic rings. The van der Waals surface area contributed by atoms with Crippen LogP contribution in [0.15, 0.2) is 88.1 Å². The van der Waals surface area contributed by atoms with Gasteiger partial charge in [0.15, 0.2) is 11.3 Å². The van der Waals surface area contributed by atoms with Crippen molar-refractivity contribution in [2.45, 2.75) is 24.8 Å². The molecule has 36 heavy (non-hydrogen) atoms. The molecule has 7 heteroatoms. The summed E-state index contributed by atoms with van der Waals surface area (Å²) >= 11 is 0. The van der Waals surface area contributed by atoms with E-state index in [1.165, 1.54) is 23.0 Å². The molecule has 1 aliphatic carbocycles. The number of anilines is 1. The smallest absolute Gasteiger partial charge is 0.297 e. The molecule has 0 amide bonds. The van der Waals surface area contributed by atoms with E-state index in [0.29, 0.717) is 23.0 Å². The van der Waals surface area contributed by atoms with Gasteiger partial charge in [-0.2, -0.15) is 0 Å². The highest BCUT2D eigenvalue weighted by molar-refractivity contribution is 5.76. The first-order valence-electron chi connectivity index (χ1n) is 12.0. The van der Waals surface area contributed by atoms with Crippen LogP contribution in [-0.2, 0) is 7.05 Å². The molecule has 1 N–H and O–H groups in total. The predicted octanol–water partition coefficient (Wildman–Crippen LogP) is 5.40. The van der Waals surface area contributed by atoms with E-state index in [1.54, 1.807) is 13.1 Å². The molecular weight excluding hydrogens is 452 g/mol. The number of fused-ring (bicyclic) bond motifs is 1. The average molecular weight is 479 g/mol. The molecule has 7 nitrogen and oxygen atoms in total. The van der Waals surface area contributed by atoms with Crippen LogP contribution in [0, 0.1) is 0 Å². The fourth-order valence-electron chi connectivity index (χ4n) is 4.81. The minimum absolute atomic E-state index is 0.0229. The Hall–Kier alpha value is -4.39. The molecule has 0 saturated heterocycles. The second-order valence-electron chi connectivity index (χ2n) is 9.33. The normalized spacial score (nSPS) is 14.2. The number of oxazole rings is 1. The Bertz CT molecular complexity index is 1590. The summed E-state index contributed by atoms with van der Waals surface area (Å²) in [7, 11) is 3.52. The quantitative estimate of drug-likeness (QED) is 0.352. The maximum Gasteiger partial charge on any atom is 0.297 e. The zero-order valence-corrected chi connectivity index (χ0v) is 20.1. The van der Waals surface area contributed by atoms with Crippen LogP contribution in [-0.4, -0.2) is 26.7 Å². The third-order valence-corrected chi connectivity index (χ3v) is 6.83. The number of hydrogen-bond donors (Lipinski definition) is 1. The lowest BCUT2D eigenvalue weighted by atomic mass is 9.95. The van der Waals surface area contributed by atoms with Crippen LogP contribution < -0.4 is 10.5 Å². The Morgan fingerprint density at radius 1 is 0.972 bits per heavy atom. The van der Waals surface area contributed by atoms with E-state index < -0.39 is 11.3 Å².